The van der Waals surface area contributed by atoms with E-state index in [1.807, 2.05) is 0 Å². The average molecular weight is 350 g/mol. The lowest BCUT2D eigenvalue weighted by molar-refractivity contribution is 0.102. The van der Waals surface area contributed by atoms with Gasteiger partial charge in [-0.15, -0.1) is 0 Å². The molecule has 2 heterocycles. The maximum Gasteiger partial charge on any atom is 0.323 e. The third-order valence-corrected chi connectivity index (χ3v) is 3.42. The summed E-state index contributed by atoms with van der Waals surface area (Å²) in [6.45, 7) is 0. The number of hydrogen-bond donors (Lipinski definition) is 4. The maximum absolute atomic E-state index is 12.0. The zero-order valence-electron chi connectivity index (χ0n) is 10.4. The first kappa shape index (κ1) is 13.3. The van der Waals surface area contributed by atoms with E-state index >= 15 is 0 Å². The molecule has 106 valence electrons. The molecule has 21 heavy (non-hydrogen) atoms. The van der Waals surface area contributed by atoms with Crippen LogP contribution in [-0.2, 0) is 0 Å². The van der Waals surface area contributed by atoms with E-state index in [2.05, 4.69) is 41.4 Å². The van der Waals surface area contributed by atoms with Gasteiger partial charge in [-0.25, -0.2) is 9.89 Å². The van der Waals surface area contributed by atoms with Crippen molar-refractivity contribution in [3.8, 4) is 0 Å². The van der Waals surface area contributed by atoms with Crippen LogP contribution in [0.3, 0.4) is 0 Å². The molecule has 0 radical (unpaired) electrons. The summed E-state index contributed by atoms with van der Waals surface area (Å²) < 4.78 is 0.600. The molecule has 3 rings (SSSR count). The van der Waals surface area contributed by atoms with Crippen molar-refractivity contribution >= 4 is 38.6 Å². The van der Waals surface area contributed by atoms with E-state index < -0.39 is 5.91 Å². The molecule has 0 unspecified atom stereocenters. The van der Waals surface area contributed by atoms with Crippen molar-refractivity contribution in [2.45, 2.75) is 0 Å². The fourth-order valence-corrected chi connectivity index (χ4v) is 2.25. The number of hydrogen-bond acceptors (Lipinski definition) is 4. The van der Waals surface area contributed by atoms with Crippen LogP contribution in [-0.4, -0.2) is 26.1 Å². The normalized spacial score (nSPS) is 10.7. The lowest BCUT2D eigenvalue weighted by Crippen LogP contribution is -2.17. The van der Waals surface area contributed by atoms with Gasteiger partial charge in [0.25, 0.3) is 11.5 Å². The minimum atomic E-state index is -0.482. The molecule has 0 aliphatic carbocycles. The van der Waals surface area contributed by atoms with E-state index in [1.165, 1.54) is 12.1 Å². The molecule has 0 aliphatic heterocycles. The van der Waals surface area contributed by atoms with Crippen molar-refractivity contribution in [1.29, 1.82) is 0 Å². The van der Waals surface area contributed by atoms with Crippen LogP contribution < -0.4 is 16.6 Å². The second-order valence-corrected chi connectivity index (χ2v) is 5.07. The van der Waals surface area contributed by atoms with Crippen LogP contribution in [0.2, 0.25) is 0 Å². The maximum atomic E-state index is 12.0. The van der Waals surface area contributed by atoms with Gasteiger partial charge < -0.3 is 15.3 Å². The van der Waals surface area contributed by atoms with Crippen LogP contribution >= 0.6 is 15.9 Å². The number of nitrogens with one attached hydrogen (secondary N) is 4. The fraction of sp³-hybridized carbons (Fsp3) is 0. The molecule has 1 aromatic carbocycles. The first-order valence-corrected chi connectivity index (χ1v) is 6.61. The molecule has 9 heteroatoms. The van der Waals surface area contributed by atoms with Gasteiger partial charge in [0.2, 0.25) is 0 Å². The second-order valence-electron chi connectivity index (χ2n) is 4.22. The Morgan fingerprint density at radius 3 is 2.52 bits per heavy atom. The molecule has 0 aliphatic rings. The van der Waals surface area contributed by atoms with Crippen LogP contribution in [0.25, 0.3) is 11.0 Å². The summed E-state index contributed by atoms with van der Waals surface area (Å²) in [7, 11) is 0. The third kappa shape index (κ3) is 2.63. The Balaban J connectivity index is 1.95. The van der Waals surface area contributed by atoms with Crippen LogP contribution in [0, 0.1) is 0 Å². The molecule has 0 spiro atoms. The van der Waals surface area contributed by atoms with Crippen molar-refractivity contribution in [3.05, 3.63) is 55.3 Å². The average Bonchev–Trinajstić information content (AvgIpc) is 2.79. The van der Waals surface area contributed by atoms with Gasteiger partial charge in [0, 0.05) is 10.5 Å². The van der Waals surface area contributed by atoms with Gasteiger partial charge in [0.1, 0.15) is 5.69 Å². The van der Waals surface area contributed by atoms with E-state index in [9.17, 15) is 14.4 Å². The number of carbonyl (C=O) groups is 1. The molecule has 4 N–H and O–H groups in total. The van der Waals surface area contributed by atoms with Crippen LogP contribution in [0.5, 0.6) is 0 Å². The standard InChI is InChI=1S/C12H8BrN5O3/c13-5-3-8-9(16-12(21)15-8)4-7(5)14-11(20)6-1-2-10(19)18-17-6/h1-4H,(H,14,20)(H,18,19)(H2,15,16,21). The number of aromatic nitrogens is 4. The predicted molar refractivity (Wildman–Crippen MR) is 79.4 cm³/mol. The zero-order valence-corrected chi connectivity index (χ0v) is 11.9. The predicted octanol–water partition coefficient (Wildman–Crippen LogP) is 0.954. The van der Waals surface area contributed by atoms with Crippen LogP contribution in [0.4, 0.5) is 5.69 Å². The quantitative estimate of drug-likeness (QED) is 0.549. The minimum absolute atomic E-state index is 0.0733. The van der Waals surface area contributed by atoms with E-state index in [1.54, 1.807) is 12.1 Å². The summed E-state index contributed by atoms with van der Waals surface area (Å²) >= 11 is 3.31. The Hall–Kier alpha value is -2.68. The highest BCUT2D eigenvalue weighted by atomic mass is 79.9. The zero-order chi connectivity index (χ0) is 15.0. The first-order chi connectivity index (χ1) is 10.0. The molecule has 3 aromatic rings. The van der Waals surface area contributed by atoms with Gasteiger partial charge in [0.05, 0.1) is 16.7 Å². The molecule has 0 saturated heterocycles. The summed E-state index contributed by atoms with van der Waals surface area (Å²) in [5.41, 5.74) is 1.00. The smallest absolute Gasteiger partial charge is 0.319 e. The molecule has 0 saturated carbocycles. The second kappa shape index (κ2) is 5.02. The van der Waals surface area contributed by atoms with Crippen molar-refractivity contribution in [3.63, 3.8) is 0 Å². The molecule has 8 nitrogen and oxygen atoms in total. The summed E-state index contributed by atoms with van der Waals surface area (Å²) in [5, 5.41) is 8.47. The molecule has 0 bridgehead atoms. The lowest BCUT2D eigenvalue weighted by atomic mass is 10.2. The van der Waals surface area contributed by atoms with E-state index in [0.29, 0.717) is 21.2 Å². The van der Waals surface area contributed by atoms with Gasteiger partial charge in [-0.05, 0) is 34.1 Å². The highest BCUT2D eigenvalue weighted by molar-refractivity contribution is 9.10. The van der Waals surface area contributed by atoms with Crippen molar-refractivity contribution in [1.82, 2.24) is 20.2 Å². The highest BCUT2D eigenvalue weighted by Crippen LogP contribution is 2.26. The van der Waals surface area contributed by atoms with E-state index in [-0.39, 0.29) is 16.9 Å². The fourth-order valence-electron chi connectivity index (χ4n) is 1.81. The van der Waals surface area contributed by atoms with Crippen LogP contribution in [0.15, 0.2) is 38.3 Å². The Morgan fingerprint density at radius 2 is 1.86 bits per heavy atom. The Labute approximate surface area is 124 Å². The molecule has 2 aromatic heterocycles. The monoisotopic (exact) mass is 349 g/mol. The van der Waals surface area contributed by atoms with Gasteiger partial charge in [0.15, 0.2) is 0 Å². The van der Waals surface area contributed by atoms with Gasteiger partial charge in [-0.2, -0.15) is 5.10 Å². The molecular weight excluding hydrogens is 342 g/mol. The number of nitrogens with zero attached hydrogens (tertiary/aromatic N) is 1. The number of anilines is 1. The number of aromatic amines is 3. The first-order valence-electron chi connectivity index (χ1n) is 5.81. The van der Waals surface area contributed by atoms with Crippen molar-refractivity contribution in [2.24, 2.45) is 0 Å². The summed E-state index contributed by atoms with van der Waals surface area (Å²) in [4.78, 5) is 39.4. The number of carbonyl (C=O) groups excluding carboxylic acids is 1. The SMILES string of the molecule is O=C(Nc1cc2[nH]c(=O)[nH]c2cc1Br)c1ccc(=O)[nH]n1. The minimum Gasteiger partial charge on any atom is -0.319 e. The van der Waals surface area contributed by atoms with Gasteiger partial charge in [-0.3, -0.25) is 9.59 Å². The number of imidazole rings is 1. The largest absolute Gasteiger partial charge is 0.323 e. The number of rotatable bonds is 2. The summed E-state index contributed by atoms with van der Waals surface area (Å²) in [5.74, 6) is -0.482. The number of amides is 1. The van der Waals surface area contributed by atoms with Crippen LogP contribution in [0.1, 0.15) is 10.5 Å². The van der Waals surface area contributed by atoms with Crippen molar-refractivity contribution < 1.29 is 4.79 Å². The summed E-state index contributed by atoms with van der Waals surface area (Å²) in [6.07, 6.45) is 0. The molecule has 0 fully saturated rings. The van der Waals surface area contributed by atoms with E-state index in [4.69, 9.17) is 0 Å². The third-order valence-electron chi connectivity index (χ3n) is 2.76. The number of H-pyrrole nitrogens is 3. The van der Waals surface area contributed by atoms with Crippen molar-refractivity contribution in [2.75, 3.05) is 5.32 Å². The topological polar surface area (TPSA) is 123 Å². The lowest BCUT2D eigenvalue weighted by Gasteiger charge is -2.06. The number of halogens is 1. The molecule has 0 atom stereocenters. The highest BCUT2D eigenvalue weighted by Gasteiger charge is 2.11. The summed E-state index contributed by atoms with van der Waals surface area (Å²) in [6, 6.07) is 5.81. The molecular formula is C12H8BrN5O3. The van der Waals surface area contributed by atoms with E-state index in [0.717, 1.165) is 0 Å². The number of fused-ring (bicyclic) bond motifs is 1. The van der Waals surface area contributed by atoms with Gasteiger partial charge in [-0.1, -0.05) is 0 Å². The Bertz CT molecular complexity index is 935. The number of benzene rings is 1. The Kier molecular flexibility index (Phi) is 3.18. The van der Waals surface area contributed by atoms with Gasteiger partial charge >= 0.3 is 5.69 Å². The molecule has 1 amide bonds. The Morgan fingerprint density at radius 1 is 1.14 bits per heavy atom.